The number of rotatable bonds is 10. The molecule has 0 aliphatic heterocycles. The Morgan fingerprint density at radius 3 is 2.00 bits per heavy atom. The molecule has 0 N–H and O–H groups in total. The van der Waals surface area contributed by atoms with E-state index in [-0.39, 0.29) is 16.3 Å². The molecular formula is C10H23BO3S3. The summed E-state index contributed by atoms with van der Waals surface area (Å²) in [6, 6.07) is 0. The second-order valence-corrected chi connectivity index (χ2v) is 6.55. The summed E-state index contributed by atoms with van der Waals surface area (Å²) in [6.07, 6.45) is 2.38. The minimum Gasteiger partial charge on any atom is -0.374 e. The van der Waals surface area contributed by atoms with Gasteiger partial charge in [0.1, 0.15) is 0 Å². The van der Waals surface area contributed by atoms with Crippen LogP contribution in [-0.4, -0.2) is 29.4 Å². The zero-order valence-electron chi connectivity index (χ0n) is 11.0. The standard InChI is InChI=1S/C10H23BO3S3/c1-5-6-7-17-10(4)14-11(12-8(2)15)13-9(3)16/h8-10,15-16H,5-7H2,1-4H3. The highest BCUT2D eigenvalue weighted by Gasteiger charge is 2.27. The van der Waals surface area contributed by atoms with Crippen molar-refractivity contribution in [1.82, 2.24) is 0 Å². The van der Waals surface area contributed by atoms with E-state index in [0.29, 0.717) is 0 Å². The van der Waals surface area contributed by atoms with Gasteiger partial charge >= 0.3 is 7.32 Å². The van der Waals surface area contributed by atoms with Crippen molar-refractivity contribution in [3.05, 3.63) is 0 Å². The van der Waals surface area contributed by atoms with Crippen LogP contribution >= 0.6 is 37.0 Å². The summed E-state index contributed by atoms with van der Waals surface area (Å²) in [4.78, 5) is 0. The van der Waals surface area contributed by atoms with Crippen molar-refractivity contribution in [3.63, 3.8) is 0 Å². The molecule has 0 rings (SSSR count). The largest absolute Gasteiger partial charge is 0.641 e. The fourth-order valence-corrected chi connectivity index (χ4v) is 2.16. The van der Waals surface area contributed by atoms with Gasteiger partial charge in [-0.05, 0) is 32.9 Å². The first-order valence-electron chi connectivity index (χ1n) is 5.89. The second kappa shape index (κ2) is 10.9. The van der Waals surface area contributed by atoms with Crippen LogP contribution < -0.4 is 0 Å². The van der Waals surface area contributed by atoms with E-state index >= 15 is 0 Å². The lowest BCUT2D eigenvalue weighted by Crippen LogP contribution is -2.34. The fourth-order valence-electron chi connectivity index (χ4n) is 1.01. The third kappa shape index (κ3) is 11.8. The maximum atomic E-state index is 5.64. The number of thioether (sulfide) groups is 1. The number of hydrogen-bond acceptors (Lipinski definition) is 6. The van der Waals surface area contributed by atoms with Crippen molar-refractivity contribution < 1.29 is 14.0 Å². The smallest absolute Gasteiger partial charge is 0.374 e. The molecule has 0 aromatic heterocycles. The molecule has 0 aromatic carbocycles. The van der Waals surface area contributed by atoms with Crippen molar-refractivity contribution >= 4 is 44.3 Å². The van der Waals surface area contributed by atoms with Crippen molar-refractivity contribution in [1.29, 1.82) is 0 Å². The molecule has 0 bridgehead atoms. The number of unbranched alkanes of at least 4 members (excludes halogenated alkanes) is 1. The van der Waals surface area contributed by atoms with Gasteiger partial charge in [-0.25, -0.2) is 0 Å². The van der Waals surface area contributed by atoms with Crippen LogP contribution in [0.1, 0.15) is 40.5 Å². The van der Waals surface area contributed by atoms with Crippen LogP contribution in [0.15, 0.2) is 0 Å². The van der Waals surface area contributed by atoms with Gasteiger partial charge in [0.15, 0.2) is 0 Å². The first-order valence-corrected chi connectivity index (χ1v) is 7.98. The van der Waals surface area contributed by atoms with Gasteiger partial charge in [-0.1, -0.05) is 13.3 Å². The summed E-state index contributed by atoms with van der Waals surface area (Å²) < 4.78 is 16.4. The minimum absolute atomic E-state index is 0.0331. The molecule has 0 saturated carbocycles. The normalized spacial score (nSPS) is 16.6. The van der Waals surface area contributed by atoms with Gasteiger partial charge in [-0.3, -0.25) is 0 Å². The molecule has 0 fully saturated rings. The van der Waals surface area contributed by atoms with E-state index in [1.807, 2.05) is 20.8 Å². The van der Waals surface area contributed by atoms with Crippen LogP contribution in [0.5, 0.6) is 0 Å². The molecule has 0 aromatic rings. The average Bonchev–Trinajstić information content (AvgIpc) is 2.15. The Hall–Kier alpha value is 0.995. The lowest BCUT2D eigenvalue weighted by Gasteiger charge is -2.21. The Kier molecular flexibility index (Phi) is 11.5. The zero-order valence-corrected chi connectivity index (χ0v) is 13.6. The van der Waals surface area contributed by atoms with Gasteiger partial charge in [0, 0.05) is 0 Å². The van der Waals surface area contributed by atoms with E-state index in [4.69, 9.17) is 14.0 Å². The Labute approximate surface area is 121 Å². The molecule has 102 valence electrons. The molecule has 0 radical (unpaired) electrons. The van der Waals surface area contributed by atoms with Gasteiger partial charge in [-0.2, -0.15) is 0 Å². The quantitative estimate of drug-likeness (QED) is 0.280. The van der Waals surface area contributed by atoms with E-state index in [1.165, 1.54) is 12.8 Å². The Bertz CT molecular complexity index is 174. The highest BCUT2D eigenvalue weighted by atomic mass is 32.2. The molecule has 0 amide bonds. The van der Waals surface area contributed by atoms with E-state index in [9.17, 15) is 0 Å². The summed E-state index contributed by atoms with van der Waals surface area (Å²) in [7, 11) is -0.709. The van der Waals surface area contributed by atoms with Crippen LogP contribution in [-0.2, 0) is 14.0 Å². The summed E-state index contributed by atoms with van der Waals surface area (Å²) >= 11 is 10.1. The van der Waals surface area contributed by atoms with E-state index in [0.717, 1.165) is 5.75 Å². The lowest BCUT2D eigenvalue weighted by molar-refractivity contribution is 0.0819. The van der Waals surface area contributed by atoms with Crippen LogP contribution in [0.4, 0.5) is 0 Å². The lowest BCUT2D eigenvalue weighted by atomic mass is 10.2. The molecule has 3 nitrogen and oxygen atoms in total. The highest BCUT2D eigenvalue weighted by molar-refractivity contribution is 7.99. The van der Waals surface area contributed by atoms with Crippen molar-refractivity contribution in [2.45, 2.75) is 56.8 Å². The Morgan fingerprint density at radius 2 is 1.59 bits per heavy atom. The zero-order chi connectivity index (χ0) is 13.3. The molecule has 0 heterocycles. The fraction of sp³-hybridized carbons (Fsp3) is 1.00. The number of hydrogen-bond donors (Lipinski definition) is 2. The Morgan fingerprint density at radius 1 is 1.06 bits per heavy atom. The predicted octanol–water partition coefficient (Wildman–Crippen LogP) is 3.45. The highest BCUT2D eigenvalue weighted by Crippen LogP contribution is 2.17. The molecule has 3 atom stereocenters. The second-order valence-electron chi connectivity index (χ2n) is 3.69. The molecule has 7 heteroatoms. The minimum atomic E-state index is -0.709. The molecule has 17 heavy (non-hydrogen) atoms. The monoisotopic (exact) mass is 298 g/mol. The number of thiol groups is 2. The third-order valence-corrected chi connectivity index (χ3v) is 3.12. The molecule has 0 spiro atoms. The van der Waals surface area contributed by atoms with E-state index in [1.54, 1.807) is 11.8 Å². The summed E-state index contributed by atoms with van der Waals surface area (Å²) in [5.74, 6) is 1.08. The SMILES string of the molecule is CCCCSC(C)OB(OC(C)S)OC(C)S. The molecule has 3 unspecified atom stereocenters. The molecule has 0 saturated heterocycles. The van der Waals surface area contributed by atoms with Crippen molar-refractivity contribution in [3.8, 4) is 0 Å². The summed E-state index contributed by atoms with van der Waals surface area (Å²) in [6.45, 7) is 7.81. The average molecular weight is 298 g/mol. The maximum Gasteiger partial charge on any atom is 0.641 e. The van der Waals surface area contributed by atoms with Gasteiger partial charge in [0.2, 0.25) is 0 Å². The maximum absolute atomic E-state index is 5.64. The Balaban J connectivity index is 3.94. The summed E-state index contributed by atoms with van der Waals surface area (Å²) in [5, 5.41) is 0. The topological polar surface area (TPSA) is 27.7 Å². The van der Waals surface area contributed by atoms with Gasteiger partial charge < -0.3 is 14.0 Å². The molecule has 0 aliphatic carbocycles. The van der Waals surface area contributed by atoms with Gasteiger partial charge in [0.25, 0.3) is 0 Å². The van der Waals surface area contributed by atoms with Crippen molar-refractivity contribution in [2.24, 2.45) is 0 Å². The van der Waals surface area contributed by atoms with E-state index in [2.05, 4.69) is 32.2 Å². The summed E-state index contributed by atoms with van der Waals surface area (Å²) in [5.41, 5.74) is -0.439. The first-order chi connectivity index (χ1) is 7.95. The third-order valence-electron chi connectivity index (χ3n) is 1.77. The predicted molar refractivity (Wildman–Crippen MR) is 82.7 cm³/mol. The van der Waals surface area contributed by atoms with E-state index < -0.39 is 7.32 Å². The van der Waals surface area contributed by atoms with Crippen LogP contribution in [0.2, 0.25) is 0 Å². The van der Waals surface area contributed by atoms with Crippen LogP contribution in [0.25, 0.3) is 0 Å². The van der Waals surface area contributed by atoms with Gasteiger partial charge in [0.05, 0.1) is 16.3 Å². The van der Waals surface area contributed by atoms with Crippen molar-refractivity contribution in [2.75, 3.05) is 5.75 Å². The first kappa shape index (κ1) is 18.0. The van der Waals surface area contributed by atoms with Crippen LogP contribution in [0, 0.1) is 0 Å². The van der Waals surface area contributed by atoms with Crippen LogP contribution in [0.3, 0.4) is 0 Å². The molecular weight excluding hydrogens is 275 g/mol. The molecule has 0 aliphatic rings. The van der Waals surface area contributed by atoms with Gasteiger partial charge in [-0.15, -0.1) is 37.0 Å².